The molecule has 4 nitrogen and oxygen atoms in total. The van der Waals surface area contributed by atoms with Gasteiger partial charge in [-0.15, -0.1) is 0 Å². The van der Waals surface area contributed by atoms with Gasteiger partial charge in [0, 0.05) is 18.8 Å². The van der Waals surface area contributed by atoms with Crippen LogP contribution in [0.4, 0.5) is 0 Å². The van der Waals surface area contributed by atoms with Gasteiger partial charge in [-0.1, -0.05) is 0 Å². The quantitative estimate of drug-likeness (QED) is 0.777. The van der Waals surface area contributed by atoms with Crippen LogP contribution in [0.25, 0.3) is 0 Å². The summed E-state index contributed by atoms with van der Waals surface area (Å²) in [5, 5.41) is 12.9. The molecule has 1 aromatic heterocycles. The van der Waals surface area contributed by atoms with E-state index in [-0.39, 0.29) is 6.04 Å². The van der Waals surface area contributed by atoms with E-state index in [1.807, 2.05) is 19.9 Å². The third-order valence-corrected chi connectivity index (χ3v) is 2.48. The lowest BCUT2D eigenvalue weighted by atomic mass is 10.0. The second-order valence-corrected chi connectivity index (χ2v) is 4.35. The van der Waals surface area contributed by atoms with E-state index in [1.165, 1.54) is 0 Å². The third kappa shape index (κ3) is 3.93. The minimum Gasteiger partial charge on any atom is -0.389 e. The van der Waals surface area contributed by atoms with Crippen LogP contribution in [0.3, 0.4) is 0 Å². The van der Waals surface area contributed by atoms with E-state index >= 15 is 0 Å². The Morgan fingerprint density at radius 1 is 1.53 bits per heavy atom. The van der Waals surface area contributed by atoms with Crippen LogP contribution in [-0.2, 0) is 6.54 Å². The fraction of sp³-hybridized carbons (Fsp3) is 0.636. The van der Waals surface area contributed by atoms with Crippen molar-refractivity contribution in [1.82, 2.24) is 15.3 Å². The number of aryl methyl sites for hydroxylation is 1. The van der Waals surface area contributed by atoms with Crippen molar-refractivity contribution < 1.29 is 5.11 Å². The molecular weight excluding hydrogens is 190 g/mol. The highest BCUT2D eigenvalue weighted by molar-refractivity contribution is 5.01. The number of hydrogen-bond donors (Lipinski definition) is 2. The Kier molecular flexibility index (Phi) is 3.77. The third-order valence-electron chi connectivity index (χ3n) is 2.48. The molecule has 0 amide bonds. The monoisotopic (exact) mass is 209 g/mol. The zero-order chi connectivity index (χ0) is 11.5. The first-order valence-electron chi connectivity index (χ1n) is 5.14. The van der Waals surface area contributed by atoms with E-state index in [4.69, 9.17) is 0 Å². The van der Waals surface area contributed by atoms with Crippen LogP contribution in [0, 0.1) is 6.92 Å². The normalized spacial score (nSPS) is 13.9. The van der Waals surface area contributed by atoms with Gasteiger partial charge in [-0.2, -0.15) is 0 Å². The predicted octanol–water partition coefficient (Wildman–Crippen LogP) is 1.03. The van der Waals surface area contributed by atoms with Crippen LogP contribution in [0.2, 0.25) is 0 Å². The number of hydrogen-bond acceptors (Lipinski definition) is 4. The number of aromatic nitrogens is 2. The van der Waals surface area contributed by atoms with Crippen LogP contribution in [-0.4, -0.2) is 26.7 Å². The number of nitrogens with one attached hydrogen (secondary N) is 1. The Balaban J connectivity index is 2.51. The summed E-state index contributed by atoms with van der Waals surface area (Å²) in [6, 6.07) is 1.89. The van der Waals surface area contributed by atoms with Gasteiger partial charge in [0.25, 0.3) is 0 Å². The molecule has 84 valence electrons. The van der Waals surface area contributed by atoms with Crippen molar-refractivity contribution in [2.45, 2.75) is 45.9 Å². The maximum Gasteiger partial charge on any atom is 0.125 e. The number of rotatable bonds is 4. The second-order valence-electron chi connectivity index (χ2n) is 4.35. The molecule has 2 N–H and O–H groups in total. The van der Waals surface area contributed by atoms with Gasteiger partial charge in [0.2, 0.25) is 0 Å². The van der Waals surface area contributed by atoms with Crippen LogP contribution in [0.1, 0.15) is 32.3 Å². The molecule has 1 unspecified atom stereocenters. The summed E-state index contributed by atoms with van der Waals surface area (Å²) in [4.78, 5) is 8.30. The van der Waals surface area contributed by atoms with Gasteiger partial charge < -0.3 is 10.4 Å². The molecule has 0 spiro atoms. The highest BCUT2D eigenvalue weighted by Crippen LogP contribution is 2.08. The van der Waals surface area contributed by atoms with E-state index in [0.717, 1.165) is 11.5 Å². The molecule has 0 aliphatic carbocycles. The summed E-state index contributed by atoms with van der Waals surface area (Å²) in [6.07, 6.45) is 1.74. The molecule has 0 bridgehead atoms. The van der Waals surface area contributed by atoms with Crippen molar-refractivity contribution in [3.63, 3.8) is 0 Å². The average molecular weight is 209 g/mol. The van der Waals surface area contributed by atoms with E-state index in [9.17, 15) is 5.11 Å². The van der Waals surface area contributed by atoms with E-state index in [0.29, 0.717) is 6.54 Å². The first kappa shape index (κ1) is 12.1. The summed E-state index contributed by atoms with van der Waals surface area (Å²) in [5.74, 6) is 0.769. The van der Waals surface area contributed by atoms with Crippen molar-refractivity contribution in [3.05, 3.63) is 23.8 Å². The Morgan fingerprint density at radius 3 is 2.73 bits per heavy atom. The lowest BCUT2D eigenvalue weighted by Gasteiger charge is -2.26. The minimum absolute atomic E-state index is 0.0211. The van der Waals surface area contributed by atoms with E-state index in [1.54, 1.807) is 20.0 Å². The topological polar surface area (TPSA) is 58.0 Å². The Hall–Kier alpha value is -1.00. The molecule has 0 aliphatic rings. The summed E-state index contributed by atoms with van der Waals surface area (Å²) < 4.78 is 0. The maximum absolute atomic E-state index is 9.72. The Morgan fingerprint density at radius 2 is 2.20 bits per heavy atom. The average Bonchev–Trinajstić information content (AvgIpc) is 2.12. The van der Waals surface area contributed by atoms with Crippen molar-refractivity contribution in [2.24, 2.45) is 0 Å². The lowest BCUT2D eigenvalue weighted by Crippen LogP contribution is -2.44. The van der Waals surface area contributed by atoms with Crippen molar-refractivity contribution in [1.29, 1.82) is 0 Å². The van der Waals surface area contributed by atoms with Gasteiger partial charge >= 0.3 is 0 Å². The lowest BCUT2D eigenvalue weighted by molar-refractivity contribution is 0.0436. The van der Waals surface area contributed by atoms with Gasteiger partial charge in [0.05, 0.1) is 11.3 Å². The molecule has 0 radical (unpaired) electrons. The van der Waals surface area contributed by atoms with Gasteiger partial charge in [-0.25, -0.2) is 9.97 Å². The summed E-state index contributed by atoms with van der Waals surface area (Å²) >= 11 is 0. The molecule has 1 rings (SSSR count). The highest BCUT2D eigenvalue weighted by Gasteiger charge is 2.21. The number of nitrogens with zero attached hydrogens (tertiary/aromatic N) is 2. The fourth-order valence-electron chi connectivity index (χ4n) is 1.11. The molecule has 0 saturated heterocycles. The Labute approximate surface area is 90.8 Å². The van der Waals surface area contributed by atoms with Crippen molar-refractivity contribution >= 4 is 0 Å². The molecule has 0 fully saturated rings. The summed E-state index contributed by atoms with van der Waals surface area (Å²) in [5.41, 5.74) is 0.223. The SMILES string of the molecule is Cc1nccc(CNC(C)C(C)(C)O)n1. The second kappa shape index (κ2) is 4.68. The summed E-state index contributed by atoms with van der Waals surface area (Å²) in [7, 11) is 0. The first-order chi connectivity index (χ1) is 6.89. The van der Waals surface area contributed by atoms with Gasteiger partial charge in [0.1, 0.15) is 5.82 Å². The summed E-state index contributed by atoms with van der Waals surface area (Å²) in [6.45, 7) is 8.04. The van der Waals surface area contributed by atoms with Crippen LogP contribution in [0.15, 0.2) is 12.3 Å². The maximum atomic E-state index is 9.72. The minimum atomic E-state index is -0.720. The zero-order valence-corrected chi connectivity index (χ0v) is 9.78. The van der Waals surface area contributed by atoms with Crippen LogP contribution < -0.4 is 5.32 Å². The van der Waals surface area contributed by atoms with Crippen LogP contribution >= 0.6 is 0 Å². The smallest absolute Gasteiger partial charge is 0.125 e. The molecule has 0 aliphatic heterocycles. The number of aliphatic hydroxyl groups is 1. The zero-order valence-electron chi connectivity index (χ0n) is 9.78. The molecule has 0 saturated carbocycles. The van der Waals surface area contributed by atoms with Crippen LogP contribution in [0.5, 0.6) is 0 Å². The van der Waals surface area contributed by atoms with Crippen molar-refractivity contribution in [3.8, 4) is 0 Å². The molecule has 4 heteroatoms. The molecular formula is C11H19N3O. The van der Waals surface area contributed by atoms with Gasteiger partial charge in [-0.3, -0.25) is 0 Å². The Bertz CT molecular complexity index is 320. The fourth-order valence-corrected chi connectivity index (χ4v) is 1.11. The molecule has 1 heterocycles. The molecule has 1 aromatic rings. The van der Waals surface area contributed by atoms with Gasteiger partial charge in [0.15, 0.2) is 0 Å². The van der Waals surface area contributed by atoms with E-state index in [2.05, 4.69) is 15.3 Å². The largest absolute Gasteiger partial charge is 0.389 e. The van der Waals surface area contributed by atoms with E-state index < -0.39 is 5.60 Å². The van der Waals surface area contributed by atoms with Gasteiger partial charge in [-0.05, 0) is 33.8 Å². The van der Waals surface area contributed by atoms with Crippen molar-refractivity contribution in [2.75, 3.05) is 0 Å². The predicted molar refractivity (Wildman–Crippen MR) is 59.4 cm³/mol. The first-order valence-corrected chi connectivity index (χ1v) is 5.14. The standard InChI is InChI=1S/C11H19N3O/c1-8(11(3,4)15)13-7-10-5-6-12-9(2)14-10/h5-6,8,13,15H,7H2,1-4H3. The molecule has 0 aromatic carbocycles. The molecule has 15 heavy (non-hydrogen) atoms. The molecule has 1 atom stereocenters. The highest BCUT2D eigenvalue weighted by atomic mass is 16.3.